The van der Waals surface area contributed by atoms with Crippen molar-refractivity contribution in [3.63, 3.8) is 0 Å². The normalized spacial score (nSPS) is 27.8. The van der Waals surface area contributed by atoms with Crippen LogP contribution in [0.1, 0.15) is 27.7 Å². The molecule has 5 atom stereocenters. The van der Waals surface area contributed by atoms with Gasteiger partial charge < -0.3 is 33.3 Å². The van der Waals surface area contributed by atoms with Gasteiger partial charge in [-0.25, -0.2) is 0 Å². The average Bonchev–Trinajstić information content (AvgIpc) is 2.70. The molecule has 2 fully saturated rings. The molecular formula is C19H27NO10S2. The minimum Gasteiger partial charge on any atom is -0.463 e. The lowest BCUT2D eigenvalue weighted by Gasteiger charge is -2.44. The van der Waals surface area contributed by atoms with Gasteiger partial charge in [0.05, 0.1) is 13.2 Å². The number of esters is 4. The summed E-state index contributed by atoms with van der Waals surface area (Å²) in [5.74, 6) is -2.59. The molecule has 2 rings (SSSR count). The first-order valence-electron chi connectivity index (χ1n) is 9.92. The fourth-order valence-corrected chi connectivity index (χ4v) is 4.74. The number of nitrogens with zero attached hydrogens (tertiary/aromatic N) is 1. The Labute approximate surface area is 195 Å². The summed E-state index contributed by atoms with van der Waals surface area (Å²) in [7, 11) is 0. The van der Waals surface area contributed by atoms with E-state index in [4.69, 9.17) is 40.6 Å². The first kappa shape index (κ1) is 26.3. The third-order valence-corrected chi connectivity index (χ3v) is 6.05. The highest BCUT2D eigenvalue weighted by atomic mass is 32.2. The van der Waals surface area contributed by atoms with Crippen LogP contribution in [0, 0.1) is 0 Å². The van der Waals surface area contributed by atoms with E-state index in [2.05, 4.69) is 0 Å². The Hall–Kier alpha value is -1.96. The topological polar surface area (TPSA) is 127 Å². The van der Waals surface area contributed by atoms with E-state index in [0.29, 0.717) is 30.6 Å². The van der Waals surface area contributed by atoms with Crippen molar-refractivity contribution in [1.82, 2.24) is 4.90 Å². The van der Waals surface area contributed by atoms with Gasteiger partial charge in [0, 0.05) is 40.8 Å². The predicted molar refractivity (Wildman–Crippen MR) is 115 cm³/mol. The minimum absolute atomic E-state index is 0.279. The largest absolute Gasteiger partial charge is 0.463 e. The Morgan fingerprint density at radius 3 is 1.94 bits per heavy atom. The molecule has 0 aromatic rings. The van der Waals surface area contributed by atoms with E-state index in [0.717, 1.165) is 11.8 Å². The molecule has 0 aromatic carbocycles. The molecular weight excluding hydrogens is 466 g/mol. The molecule has 0 aromatic heterocycles. The lowest BCUT2D eigenvalue weighted by molar-refractivity contribution is -0.237. The Morgan fingerprint density at radius 2 is 1.41 bits per heavy atom. The molecule has 0 radical (unpaired) electrons. The molecule has 0 spiro atoms. The first-order valence-corrected chi connectivity index (χ1v) is 11.2. The third-order valence-electron chi connectivity index (χ3n) is 4.43. The number of rotatable bonds is 6. The van der Waals surface area contributed by atoms with Gasteiger partial charge in [-0.3, -0.25) is 19.2 Å². The van der Waals surface area contributed by atoms with Gasteiger partial charge >= 0.3 is 23.9 Å². The Kier molecular flexibility index (Phi) is 10.1. The summed E-state index contributed by atoms with van der Waals surface area (Å²) >= 11 is 6.62. The molecule has 0 aliphatic carbocycles. The Balaban J connectivity index is 2.35. The van der Waals surface area contributed by atoms with E-state index in [-0.39, 0.29) is 6.61 Å². The lowest BCUT2D eigenvalue weighted by atomic mass is 9.99. The summed E-state index contributed by atoms with van der Waals surface area (Å²) < 4.78 is 33.1. The lowest BCUT2D eigenvalue weighted by Crippen LogP contribution is -2.62. The van der Waals surface area contributed by atoms with Crippen LogP contribution in [0.4, 0.5) is 0 Å². The van der Waals surface area contributed by atoms with E-state index in [1.165, 1.54) is 27.7 Å². The molecule has 180 valence electrons. The van der Waals surface area contributed by atoms with E-state index in [9.17, 15) is 19.2 Å². The van der Waals surface area contributed by atoms with Crippen molar-refractivity contribution in [1.29, 1.82) is 0 Å². The van der Waals surface area contributed by atoms with Crippen molar-refractivity contribution in [3.8, 4) is 0 Å². The standard InChI is InChI=1S/C19H27NO10S2/c1-10(21)26-9-14-15(27-11(2)22)16(28-12(3)23)17(29-13(4)24)18(30-14)32-19(31)20-5-7-25-8-6-20/h14-18H,5-9H2,1-4H3/t14?,15-,16?,17?,18+/m1/s1. The van der Waals surface area contributed by atoms with Gasteiger partial charge in [-0.1, -0.05) is 24.0 Å². The van der Waals surface area contributed by atoms with Crippen molar-refractivity contribution >= 4 is 52.2 Å². The molecule has 13 heteroatoms. The molecule has 2 aliphatic heterocycles. The number of hydrogen-bond donors (Lipinski definition) is 0. The number of thioether (sulfide) groups is 1. The summed E-state index contributed by atoms with van der Waals surface area (Å²) in [4.78, 5) is 48.7. The van der Waals surface area contributed by atoms with Gasteiger partial charge in [0.1, 0.15) is 17.0 Å². The van der Waals surface area contributed by atoms with Gasteiger partial charge in [0.2, 0.25) is 0 Å². The number of thiocarbonyl (C=S) groups is 1. The second-order valence-electron chi connectivity index (χ2n) is 7.05. The zero-order valence-corrected chi connectivity index (χ0v) is 19.9. The monoisotopic (exact) mass is 493 g/mol. The molecule has 2 saturated heterocycles. The van der Waals surface area contributed by atoms with Gasteiger partial charge in [-0.15, -0.1) is 0 Å². The summed E-state index contributed by atoms with van der Waals surface area (Å²) in [6.45, 7) is 6.66. The number of carbonyl (C=O) groups excluding carboxylic acids is 4. The Bertz CT molecular complexity index is 727. The molecule has 0 bridgehead atoms. The van der Waals surface area contributed by atoms with Crippen LogP contribution in [-0.2, 0) is 47.6 Å². The van der Waals surface area contributed by atoms with E-state index in [1.54, 1.807) is 0 Å². The van der Waals surface area contributed by atoms with Crippen molar-refractivity contribution in [3.05, 3.63) is 0 Å². The van der Waals surface area contributed by atoms with Gasteiger partial charge in [0.15, 0.2) is 23.7 Å². The maximum absolute atomic E-state index is 11.8. The SMILES string of the molecule is CC(=O)OCC1O[C@@H](SC(=S)N2CCOCC2)C(OC(C)=O)C(OC(C)=O)[C@@H]1OC(C)=O. The number of carbonyl (C=O) groups is 4. The summed E-state index contributed by atoms with van der Waals surface area (Å²) in [6, 6.07) is 0. The van der Waals surface area contributed by atoms with E-state index in [1.807, 2.05) is 4.90 Å². The van der Waals surface area contributed by atoms with Crippen molar-refractivity contribution < 1.29 is 47.6 Å². The zero-order chi connectivity index (χ0) is 23.8. The van der Waals surface area contributed by atoms with Crippen molar-refractivity contribution in [2.45, 2.75) is 57.5 Å². The maximum Gasteiger partial charge on any atom is 0.303 e. The maximum atomic E-state index is 11.8. The Morgan fingerprint density at radius 1 is 0.875 bits per heavy atom. The highest BCUT2D eigenvalue weighted by Crippen LogP contribution is 2.35. The molecule has 32 heavy (non-hydrogen) atoms. The number of ether oxygens (including phenoxy) is 6. The van der Waals surface area contributed by atoms with Crippen LogP contribution in [0.25, 0.3) is 0 Å². The first-order chi connectivity index (χ1) is 15.1. The molecule has 0 N–H and O–H groups in total. The third kappa shape index (κ3) is 7.87. The fourth-order valence-electron chi connectivity index (χ4n) is 3.20. The van der Waals surface area contributed by atoms with Crippen LogP contribution in [0.2, 0.25) is 0 Å². The molecule has 3 unspecified atom stereocenters. The molecule has 0 amide bonds. The highest BCUT2D eigenvalue weighted by Gasteiger charge is 2.52. The van der Waals surface area contributed by atoms with Crippen LogP contribution in [0.5, 0.6) is 0 Å². The molecule has 11 nitrogen and oxygen atoms in total. The predicted octanol–water partition coefficient (Wildman–Crippen LogP) is 0.420. The molecule has 2 aliphatic rings. The second-order valence-corrected chi connectivity index (χ2v) is 8.78. The summed E-state index contributed by atoms with van der Waals surface area (Å²) in [6.07, 6.45) is -4.53. The van der Waals surface area contributed by atoms with E-state index >= 15 is 0 Å². The quantitative estimate of drug-likeness (QED) is 0.288. The summed E-state index contributed by atoms with van der Waals surface area (Å²) in [5, 5.41) is 0. The minimum atomic E-state index is -1.21. The van der Waals surface area contributed by atoms with E-state index < -0.39 is 53.7 Å². The fraction of sp³-hybridized carbons (Fsp3) is 0.737. The average molecular weight is 494 g/mol. The summed E-state index contributed by atoms with van der Waals surface area (Å²) in [5.41, 5.74) is -0.925. The number of morpholine rings is 1. The molecule has 2 heterocycles. The number of hydrogen-bond acceptors (Lipinski definition) is 12. The smallest absolute Gasteiger partial charge is 0.303 e. The zero-order valence-electron chi connectivity index (χ0n) is 18.3. The van der Waals surface area contributed by atoms with Crippen LogP contribution in [0.15, 0.2) is 0 Å². The van der Waals surface area contributed by atoms with Crippen LogP contribution < -0.4 is 0 Å². The van der Waals surface area contributed by atoms with Crippen molar-refractivity contribution in [2.75, 3.05) is 32.9 Å². The van der Waals surface area contributed by atoms with Crippen LogP contribution >= 0.6 is 24.0 Å². The highest BCUT2D eigenvalue weighted by molar-refractivity contribution is 8.23. The van der Waals surface area contributed by atoms with Gasteiger partial charge in [0.25, 0.3) is 0 Å². The van der Waals surface area contributed by atoms with Crippen molar-refractivity contribution in [2.24, 2.45) is 0 Å². The second kappa shape index (κ2) is 12.3. The van der Waals surface area contributed by atoms with Gasteiger partial charge in [-0.05, 0) is 0 Å². The van der Waals surface area contributed by atoms with Crippen LogP contribution in [0.3, 0.4) is 0 Å². The van der Waals surface area contributed by atoms with Gasteiger partial charge in [-0.2, -0.15) is 0 Å². The molecule has 0 saturated carbocycles. The van der Waals surface area contributed by atoms with Crippen LogP contribution in [-0.4, -0.2) is 95.9 Å².